The van der Waals surface area contributed by atoms with E-state index in [1.165, 1.54) is 25.3 Å². The predicted octanol–water partition coefficient (Wildman–Crippen LogP) is 4.90. The fourth-order valence-corrected chi connectivity index (χ4v) is 4.07. The summed E-state index contributed by atoms with van der Waals surface area (Å²) in [6, 6.07) is 22.5. The van der Waals surface area contributed by atoms with Gasteiger partial charge in [0.2, 0.25) is 5.91 Å². The Bertz CT molecular complexity index is 1680. The lowest BCUT2D eigenvalue weighted by molar-refractivity contribution is -0.116. The molecule has 0 spiro atoms. The molecule has 194 valence electrons. The zero-order valence-corrected chi connectivity index (χ0v) is 21.0. The minimum absolute atomic E-state index is 0.205. The third-order valence-corrected chi connectivity index (χ3v) is 6.07. The Morgan fingerprint density at radius 3 is 2.41 bits per heavy atom. The van der Waals surface area contributed by atoms with E-state index in [1.54, 1.807) is 53.2 Å². The number of amides is 1. The van der Waals surface area contributed by atoms with E-state index in [9.17, 15) is 14.0 Å². The molecule has 0 saturated carbocycles. The third kappa shape index (κ3) is 5.83. The van der Waals surface area contributed by atoms with Crippen LogP contribution >= 0.6 is 0 Å². The van der Waals surface area contributed by atoms with Gasteiger partial charge in [-0.1, -0.05) is 12.1 Å². The Labute approximate surface area is 223 Å². The summed E-state index contributed by atoms with van der Waals surface area (Å²) in [6.07, 6.45) is 4.65. The Morgan fingerprint density at radius 1 is 0.974 bits per heavy atom. The van der Waals surface area contributed by atoms with Gasteiger partial charge in [0.25, 0.3) is 0 Å². The fourth-order valence-electron chi connectivity index (χ4n) is 4.07. The number of ether oxygens (including phenoxy) is 1. The van der Waals surface area contributed by atoms with E-state index in [4.69, 9.17) is 15.6 Å². The van der Waals surface area contributed by atoms with Crippen LogP contribution in [0.3, 0.4) is 0 Å². The number of carbonyl (C=O) groups excluding carboxylic acids is 2. The Morgan fingerprint density at radius 2 is 1.72 bits per heavy atom. The van der Waals surface area contributed by atoms with Crippen molar-refractivity contribution in [1.29, 1.82) is 0 Å². The summed E-state index contributed by atoms with van der Waals surface area (Å²) in [4.78, 5) is 28.2. The normalized spacial score (nSPS) is 11.1. The highest BCUT2D eigenvalue weighted by Crippen LogP contribution is 2.29. The van der Waals surface area contributed by atoms with Gasteiger partial charge in [-0.25, -0.2) is 18.7 Å². The molecular formula is C30H24FN5O3. The molecule has 0 bridgehead atoms. The van der Waals surface area contributed by atoms with Crippen molar-refractivity contribution in [2.24, 2.45) is 0 Å². The summed E-state index contributed by atoms with van der Waals surface area (Å²) in [5.74, 6) is -0.624. The molecule has 5 aromatic rings. The number of pyridine rings is 2. The van der Waals surface area contributed by atoms with Crippen molar-refractivity contribution in [3.05, 3.63) is 114 Å². The Balaban J connectivity index is 1.44. The molecule has 3 heterocycles. The number of benzene rings is 2. The first-order chi connectivity index (χ1) is 18.9. The van der Waals surface area contributed by atoms with Crippen LogP contribution in [0.25, 0.3) is 34.0 Å². The van der Waals surface area contributed by atoms with E-state index < -0.39 is 5.97 Å². The van der Waals surface area contributed by atoms with Crippen molar-refractivity contribution in [1.82, 2.24) is 19.9 Å². The average Bonchev–Trinajstić information content (AvgIpc) is 3.38. The molecule has 0 aliphatic carbocycles. The second-order valence-electron chi connectivity index (χ2n) is 8.74. The van der Waals surface area contributed by atoms with Gasteiger partial charge in [0.15, 0.2) is 0 Å². The number of nitrogens with one attached hydrogen (secondary N) is 1. The van der Waals surface area contributed by atoms with E-state index >= 15 is 0 Å². The quantitative estimate of drug-likeness (QED) is 0.233. The first-order valence-corrected chi connectivity index (χ1v) is 12.0. The van der Waals surface area contributed by atoms with E-state index in [0.29, 0.717) is 17.1 Å². The summed E-state index contributed by atoms with van der Waals surface area (Å²) < 4.78 is 20.2. The van der Waals surface area contributed by atoms with E-state index in [2.05, 4.69) is 10.3 Å². The van der Waals surface area contributed by atoms with Gasteiger partial charge in [-0.2, -0.15) is 5.10 Å². The van der Waals surface area contributed by atoms with Crippen molar-refractivity contribution >= 4 is 29.3 Å². The number of carbonyl (C=O) groups is 2. The number of halogens is 1. The van der Waals surface area contributed by atoms with Crippen molar-refractivity contribution in [2.45, 2.75) is 6.54 Å². The average molecular weight is 522 g/mol. The molecule has 5 rings (SSSR count). The number of fused-ring (bicyclic) bond motifs is 1. The summed E-state index contributed by atoms with van der Waals surface area (Å²) >= 11 is 0. The van der Waals surface area contributed by atoms with Crippen LogP contribution in [0.2, 0.25) is 0 Å². The van der Waals surface area contributed by atoms with Crippen molar-refractivity contribution in [3.63, 3.8) is 0 Å². The number of nitrogens with zero attached hydrogens (tertiary/aromatic N) is 3. The highest BCUT2D eigenvalue weighted by molar-refractivity contribution is 5.92. The number of aromatic nitrogens is 3. The molecule has 3 N–H and O–H groups in total. The number of esters is 1. The Hall–Kier alpha value is -5.31. The number of nitrogen functional groups attached to an aromatic ring is 1. The molecule has 9 heteroatoms. The second kappa shape index (κ2) is 11.0. The van der Waals surface area contributed by atoms with Crippen LogP contribution in [0.4, 0.5) is 10.2 Å². The van der Waals surface area contributed by atoms with E-state index in [0.717, 1.165) is 33.5 Å². The zero-order chi connectivity index (χ0) is 27.4. The molecule has 39 heavy (non-hydrogen) atoms. The molecule has 0 fully saturated rings. The van der Waals surface area contributed by atoms with Crippen LogP contribution in [0, 0.1) is 5.82 Å². The van der Waals surface area contributed by atoms with Gasteiger partial charge in [-0.05, 0) is 89.5 Å². The van der Waals surface area contributed by atoms with Crippen LogP contribution in [0.5, 0.6) is 0 Å². The first kappa shape index (κ1) is 25.3. The standard InChI is InChI=1S/C30H24FN5O3/c1-39-30(38)22-6-4-20(5-7-22)23-14-26-16-25(18-34-29(37)13-3-19-2-12-28(32)33-17-19)35-36(26)27(15-23)21-8-10-24(31)11-9-21/h2-17H,18H2,1H3,(H2,32,33)(H,34,37)/b13-3+. The van der Waals surface area contributed by atoms with Crippen LogP contribution in [-0.2, 0) is 16.1 Å². The molecule has 8 nitrogen and oxygen atoms in total. The lowest BCUT2D eigenvalue weighted by atomic mass is 10.0. The highest BCUT2D eigenvalue weighted by Gasteiger charge is 2.13. The molecule has 1 amide bonds. The Kier molecular flexibility index (Phi) is 7.13. The molecule has 2 aromatic carbocycles. The zero-order valence-electron chi connectivity index (χ0n) is 21.0. The molecule has 0 aliphatic rings. The van der Waals surface area contributed by atoms with Crippen molar-refractivity contribution < 1.29 is 18.7 Å². The van der Waals surface area contributed by atoms with Crippen LogP contribution in [0.1, 0.15) is 21.6 Å². The maximum Gasteiger partial charge on any atom is 0.337 e. The van der Waals surface area contributed by atoms with Gasteiger partial charge in [0.1, 0.15) is 11.6 Å². The summed E-state index contributed by atoms with van der Waals surface area (Å²) in [7, 11) is 1.34. The predicted molar refractivity (Wildman–Crippen MR) is 147 cm³/mol. The molecule has 0 saturated heterocycles. The molecule has 3 aromatic heterocycles. The van der Waals surface area contributed by atoms with Gasteiger partial charge < -0.3 is 15.8 Å². The fraction of sp³-hybridized carbons (Fsp3) is 0.0667. The lowest BCUT2D eigenvalue weighted by Gasteiger charge is -2.10. The van der Waals surface area contributed by atoms with Gasteiger partial charge in [-0.3, -0.25) is 4.79 Å². The minimum atomic E-state index is -0.411. The lowest BCUT2D eigenvalue weighted by Crippen LogP contribution is -2.20. The second-order valence-corrected chi connectivity index (χ2v) is 8.74. The topological polar surface area (TPSA) is 112 Å². The maximum absolute atomic E-state index is 13.6. The number of rotatable bonds is 7. The SMILES string of the molecule is COC(=O)c1ccc(-c2cc(-c3ccc(F)cc3)n3nc(CNC(=O)/C=C/c4ccc(N)nc4)cc3c2)cc1. The van der Waals surface area contributed by atoms with Gasteiger partial charge in [-0.15, -0.1) is 0 Å². The number of hydrogen-bond donors (Lipinski definition) is 2. The molecule has 0 unspecified atom stereocenters. The van der Waals surface area contributed by atoms with E-state index in [1.807, 2.05) is 30.3 Å². The number of nitrogens with two attached hydrogens (primary N) is 1. The summed E-state index contributed by atoms with van der Waals surface area (Å²) in [6.45, 7) is 0.205. The molecule has 0 aliphatic heterocycles. The smallest absolute Gasteiger partial charge is 0.337 e. The number of hydrogen-bond acceptors (Lipinski definition) is 6. The molecule has 0 radical (unpaired) electrons. The summed E-state index contributed by atoms with van der Waals surface area (Å²) in [5, 5.41) is 7.53. The van der Waals surface area contributed by atoms with Gasteiger partial charge >= 0.3 is 5.97 Å². The van der Waals surface area contributed by atoms with Crippen molar-refractivity contribution in [3.8, 4) is 22.4 Å². The minimum Gasteiger partial charge on any atom is -0.465 e. The van der Waals surface area contributed by atoms with Crippen molar-refractivity contribution in [2.75, 3.05) is 12.8 Å². The van der Waals surface area contributed by atoms with Crippen LogP contribution < -0.4 is 11.1 Å². The molecule has 0 atom stereocenters. The number of methoxy groups -OCH3 is 1. The van der Waals surface area contributed by atoms with Gasteiger partial charge in [0, 0.05) is 17.8 Å². The summed E-state index contributed by atoms with van der Waals surface area (Å²) in [5.41, 5.74) is 11.5. The van der Waals surface area contributed by atoms with Gasteiger partial charge in [0.05, 0.1) is 36.1 Å². The third-order valence-electron chi connectivity index (χ3n) is 6.07. The maximum atomic E-state index is 13.6. The van der Waals surface area contributed by atoms with E-state index in [-0.39, 0.29) is 18.3 Å². The first-order valence-electron chi connectivity index (χ1n) is 12.0. The highest BCUT2D eigenvalue weighted by atomic mass is 19.1. The number of anilines is 1. The largest absolute Gasteiger partial charge is 0.465 e. The molecular weight excluding hydrogens is 497 g/mol. The monoisotopic (exact) mass is 521 g/mol. The van der Waals surface area contributed by atoms with Crippen LogP contribution in [-0.4, -0.2) is 33.6 Å². The van der Waals surface area contributed by atoms with Crippen LogP contribution in [0.15, 0.2) is 91.1 Å².